The van der Waals surface area contributed by atoms with Crippen LogP contribution in [0.1, 0.15) is 17.6 Å². The van der Waals surface area contributed by atoms with Crippen LogP contribution in [0.15, 0.2) is 6.20 Å². The van der Waals surface area contributed by atoms with Crippen molar-refractivity contribution in [2.75, 3.05) is 5.73 Å². The molecule has 0 saturated heterocycles. The largest absolute Gasteiger partial charge is 0.392 e. The minimum absolute atomic E-state index is 0.287. The number of pyridine rings is 1. The molecule has 1 heterocycles. The number of hydrogen-bond acceptors (Lipinski definition) is 3. The lowest BCUT2D eigenvalue weighted by atomic mass is 10.2. The highest BCUT2D eigenvalue weighted by Crippen LogP contribution is 2.27. The van der Waals surface area contributed by atoms with Gasteiger partial charge >= 0.3 is 0 Å². The second-order valence-corrected chi connectivity index (χ2v) is 2.36. The molecule has 72 valence electrons. The number of nitrogens with zero attached hydrogens (tertiary/aromatic N) is 1. The van der Waals surface area contributed by atoms with Crippen molar-refractivity contribution in [2.45, 2.75) is 13.0 Å². The van der Waals surface area contributed by atoms with E-state index in [9.17, 15) is 13.2 Å². The molecular formula is C7H7F3N2O. The molecule has 0 atom stereocenters. The Bertz CT molecular complexity index is 317. The zero-order chi connectivity index (χ0) is 10.0. The van der Waals surface area contributed by atoms with Crippen molar-refractivity contribution in [3.05, 3.63) is 23.1 Å². The van der Waals surface area contributed by atoms with Crippen molar-refractivity contribution in [3.8, 4) is 0 Å². The van der Waals surface area contributed by atoms with Crippen molar-refractivity contribution in [2.24, 2.45) is 0 Å². The van der Waals surface area contributed by atoms with E-state index in [-0.39, 0.29) is 5.56 Å². The van der Waals surface area contributed by atoms with E-state index in [0.29, 0.717) is 0 Å². The SMILES string of the molecule is Nc1ncc(CO)c(F)c1C(F)F. The molecule has 0 bridgehead atoms. The highest BCUT2D eigenvalue weighted by Gasteiger charge is 2.20. The second kappa shape index (κ2) is 3.61. The first-order valence-electron chi connectivity index (χ1n) is 3.39. The average molecular weight is 192 g/mol. The highest BCUT2D eigenvalue weighted by molar-refractivity contribution is 5.42. The predicted molar refractivity (Wildman–Crippen MR) is 39.5 cm³/mol. The summed E-state index contributed by atoms with van der Waals surface area (Å²) in [7, 11) is 0. The first-order valence-corrected chi connectivity index (χ1v) is 3.39. The van der Waals surface area contributed by atoms with Crippen LogP contribution < -0.4 is 5.73 Å². The van der Waals surface area contributed by atoms with Crippen molar-refractivity contribution in [1.29, 1.82) is 0 Å². The fourth-order valence-corrected chi connectivity index (χ4v) is 0.877. The van der Waals surface area contributed by atoms with Crippen molar-refractivity contribution in [1.82, 2.24) is 4.98 Å². The maximum atomic E-state index is 13.0. The third-order valence-electron chi connectivity index (χ3n) is 1.54. The molecule has 6 heteroatoms. The Balaban J connectivity index is 3.30. The van der Waals surface area contributed by atoms with E-state index in [1.807, 2.05) is 0 Å². The van der Waals surface area contributed by atoms with Gasteiger partial charge in [0.25, 0.3) is 6.43 Å². The van der Waals surface area contributed by atoms with Crippen LogP contribution in [0.2, 0.25) is 0 Å². The van der Waals surface area contributed by atoms with E-state index in [0.717, 1.165) is 6.20 Å². The van der Waals surface area contributed by atoms with Gasteiger partial charge in [0.2, 0.25) is 0 Å². The van der Waals surface area contributed by atoms with Gasteiger partial charge in [0, 0.05) is 11.8 Å². The Hall–Kier alpha value is -1.30. The van der Waals surface area contributed by atoms with Gasteiger partial charge in [0.1, 0.15) is 11.6 Å². The first-order chi connectivity index (χ1) is 6.07. The van der Waals surface area contributed by atoms with Gasteiger partial charge in [-0.2, -0.15) is 0 Å². The van der Waals surface area contributed by atoms with Crippen LogP contribution in [0.4, 0.5) is 19.0 Å². The third kappa shape index (κ3) is 1.72. The lowest BCUT2D eigenvalue weighted by Gasteiger charge is -2.07. The Morgan fingerprint density at radius 2 is 2.15 bits per heavy atom. The molecule has 0 saturated carbocycles. The van der Waals surface area contributed by atoms with E-state index in [4.69, 9.17) is 10.8 Å². The van der Waals surface area contributed by atoms with Gasteiger partial charge in [-0.3, -0.25) is 0 Å². The number of nitrogen functional groups attached to an aromatic ring is 1. The van der Waals surface area contributed by atoms with Crippen molar-refractivity contribution >= 4 is 5.82 Å². The molecule has 0 unspecified atom stereocenters. The maximum absolute atomic E-state index is 13.0. The Labute approximate surface area is 72.0 Å². The van der Waals surface area contributed by atoms with Gasteiger partial charge in [-0.25, -0.2) is 18.2 Å². The van der Waals surface area contributed by atoms with Gasteiger partial charge in [0.15, 0.2) is 0 Å². The number of halogens is 3. The Kier molecular flexibility index (Phi) is 2.72. The molecule has 0 aliphatic rings. The van der Waals surface area contributed by atoms with Gasteiger partial charge in [-0.05, 0) is 0 Å². The molecule has 0 fully saturated rings. The van der Waals surface area contributed by atoms with Crippen LogP contribution in [0.25, 0.3) is 0 Å². The summed E-state index contributed by atoms with van der Waals surface area (Å²) in [6, 6.07) is 0. The van der Waals surface area contributed by atoms with Crippen molar-refractivity contribution < 1.29 is 18.3 Å². The molecule has 0 aliphatic heterocycles. The minimum Gasteiger partial charge on any atom is -0.392 e. The summed E-state index contributed by atoms with van der Waals surface area (Å²) >= 11 is 0. The normalized spacial score (nSPS) is 10.8. The van der Waals surface area contributed by atoms with Gasteiger partial charge in [-0.15, -0.1) is 0 Å². The number of hydrogen-bond donors (Lipinski definition) is 2. The van der Waals surface area contributed by atoms with E-state index < -0.39 is 30.2 Å². The Morgan fingerprint density at radius 1 is 1.54 bits per heavy atom. The summed E-state index contributed by atoms with van der Waals surface area (Å²) in [5.74, 6) is -1.74. The van der Waals surface area contributed by atoms with Gasteiger partial charge in [0.05, 0.1) is 12.2 Å². The number of aliphatic hydroxyl groups excluding tert-OH is 1. The standard InChI is InChI=1S/C7H7F3N2O/c8-5-3(2-13)1-12-7(11)4(5)6(9)10/h1,6,13H,2H2,(H2,11,12). The lowest BCUT2D eigenvalue weighted by Crippen LogP contribution is -2.05. The first kappa shape index (κ1) is 9.79. The Morgan fingerprint density at radius 3 is 2.62 bits per heavy atom. The van der Waals surface area contributed by atoms with Crippen LogP contribution in [0.5, 0.6) is 0 Å². The second-order valence-electron chi connectivity index (χ2n) is 2.36. The van der Waals surface area contributed by atoms with Crippen molar-refractivity contribution in [3.63, 3.8) is 0 Å². The van der Waals surface area contributed by atoms with Crippen LogP contribution >= 0.6 is 0 Å². The number of aromatic nitrogens is 1. The molecule has 3 nitrogen and oxygen atoms in total. The number of anilines is 1. The summed E-state index contributed by atoms with van der Waals surface area (Å²) in [5, 5.41) is 8.55. The van der Waals surface area contributed by atoms with Gasteiger partial charge in [-0.1, -0.05) is 0 Å². The summed E-state index contributed by atoms with van der Waals surface area (Å²) in [4.78, 5) is 3.33. The van der Waals surface area contributed by atoms with E-state index in [1.54, 1.807) is 0 Å². The summed E-state index contributed by atoms with van der Waals surface area (Å²) in [6.45, 7) is -0.682. The minimum atomic E-state index is -3.03. The van der Waals surface area contributed by atoms with Crippen LogP contribution in [0.3, 0.4) is 0 Å². The molecule has 0 radical (unpaired) electrons. The van der Waals surface area contributed by atoms with Gasteiger partial charge < -0.3 is 10.8 Å². The molecule has 0 aromatic carbocycles. The number of nitrogens with two attached hydrogens (primary N) is 1. The maximum Gasteiger partial charge on any atom is 0.270 e. The molecule has 13 heavy (non-hydrogen) atoms. The fraction of sp³-hybridized carbons (Fsp3) is 0.286. The number of alkyl halides is 2. The van der Waals surface area contributed by atoms with E-state index in [2.05, 4.69) is 4.98 Å². The molecule has 0 aliphatic carbocycles. The number of aliphatic hydroxyl groups is 1. The summed E-state index contributed by atoms with van der Waals surface area (Å²) in [5.41, 5.74) is 3.79. The smallest absolute Gasteiger partial charge is 0.270 e. The topological polar surface area (TPSA) is 59.1 Å². The fourth-order valence-electron chi connectivity index (χ4n) is 0.877. The predicted octanol–water partition coefficient (Wildman–Crippen LogP) is 1.23. The quantitative estimate of drug-likeness (QED) is 0.740. The van der Waals surface area contributed by atoms with E-state index >= 15 is 0 Å². The monoisotopic (exact) mass is 192 g/mol. The number of rotatable bonds is 2. The molecule has 1 aromatic rings. The van der Waals surface area contributed by atoms with Crippen LogP contribution in [-0.4, -0.2) is 10.1 Å². The molecule has 1 rings (SSSR count). The highest BCUT2D eigenvalue weighted by atomic mass is 19.3. The van der Waals surface area contributed by atoms with Crippen LogP contribution in [-0.2, 0) is 6.61 Å². The zero-order valence-corrected chi connectivity index (χ0v) is 6.47. The average Bonchev–Trinajstić information content (AvgIpc) is 2.04. The zero-order valence-electron chi connectivity index (χ0n) is 6.47. The molecule has 0 amide bonds. The molecule has 1 aromatic heterocycles. The molecule has 0 spiro atoms. The third-order valence-corrected chi connectivity index (χ3v) is 1.54. The molecular weight excluding hydrogens is 185 g/mol. The lowest BCUT2D eigenvalue weighted by molar-refractivity contribution is 0.146. The van der Waals surface area contributed by atoms with E-state index in [1.165, 1.54) is 0 Å². The molecule has 3 N–H and O–H groups in total. The summed E-state index contributed by atoms with van der Waals surface area (Å²) < 4.78 is 37.4. The summed E-state index contributed by atoms with van der Waals surface area (Å²) in [6.07, 6.45) is -2.10. The van der Waals surface area contributed by atoms with Crippen LogP contribution in [0, 0.1) is 5.82 Å².